The summed E-state index contributed by atoms with van der Waals surface area (Å²) in [5.74, 6) is 0.458. The third-order valence-corrected chi connectivity index (χ3v) is 8.70. The van der Waals surface area contributed by atoms with Crippen molar-refractivity contribution >= 4 is 22.7 Å². The molecule has 0 radical (unpaired) electrons. The Bertz CT molecular complexity index is 1520. The molecule has 2 heterocycles. The molecule has 0 bridgehead atoms. The van der Waals surface area contributed by atoms with Crippen LogP contribution < -0.4 is 10.1 Å². The van der Waals surface area contributed by atoms with Crippen molar-refractivity contribution in [3.8, 4) is 5.75 Å². The first-order valence-electron chi connectivity index (χ1n) is 14.4. The second kappa shape index (κ2) is 10.8. The van der Waals surface area contributed by atoms with E-state index >= 15 is 0 Å². The average molecular weight is 536 g/mol. The number of rotatable bonds is 6. The van der Waals surface area contributed by atoms with E-state index in [-0.39, 0.29) is 17.9 Å². The maximum atomic E-state index is 14.7. The van der Waals surface area contributed by atoms with Crippen LogP contribution in [0.15, 0.2) is 78.9 Å². The van der Waals surface area contributed by atoms with Gasteiger partial charge in [-0.1, -0.05) is 85.8 Å². The lowest BCUT2D eigenvalue weighted by Gasteiger charge is -2.47. The molecule has 1 aromatic heterocycles. The van der Waals surface area contributed by atoms with Crippen molar-refractivity contribution in [1.29, 1.82) is 0 Å². The SMILES string of the molecule is COc1ccc2cc3n(c2c1)C[C@@](C(=O)NC1CCCCCC1)(c1ccccc1)N(Cc1ccc(C)cc1)C3=O. The number of carbonyl (C=O) groups excluding carboxylic acids is 2. The minimum Gasteiger partial charge on any atom is -0.497 e. The van der Waals surface area contributed by atoms with E-state index in [9.17, 15) is 9.59 Å². The van der Waals surface area contributed by atoms with Gasteiger partial charge in [-0.05, 0) is 49.1 Å². The second-order valence-electron chi connectivity index (χ2n) is 11.3. The van der Waals surface area contributed by atoms with Crippen molar-refractivity contribution in [2.75, 3.05) is 7.11 Å². The highest BCUT2D eigenvalue weighted by atomic mass is 16.5. The fourth-order valence-corrected chi connectivity index (χ4v) is 6.43. The normalized spacial score (nSPS) is 19.8. The van der Waals surface area contributed by atoms with Gasteiger partial charge < -0.3 is 19.5 Å². The first kappa shape index (κ1) is 26.2. The lowest BCUT2D eigenvalue weighted by molar-refractivity contribution is -0.136. The Morgan fingerprint density at radius 2 is 1.68 bits per heavy atom. The predicted molar refractivity (Wildman–Crippen MR) is 157 cm³/mol. The highest BCUT2D eigenvalue weighted by molar-refractivity contribution is 6.04. The topological polar surface area (TPSA) is 63.6 Å². The third kappa shape index (κ3) is 4.66. The second-order valence-corrected chi connectivity index (χ2v) is 11.3. The molecule has 2 amide bonds. The summed E-state index contributed by atoms with van der Waals surface area (Å²) in [6, 6.07) is 26.0. The van der Waals surface area contributed by atoms with Gasteiger partial charge >= 0.3 is 0 Å². The molecule has 2 aliphatic rings. The molecule has 1 atom stereocenters. The number of aryl methyl sites for hydroxylation is 1. The molecule has 1 aliphatic carbocycles. The number of benzene rings is 3. The molecule has 3 aromatic carbocycles. The quantitative estimate of drug-likeness (QED) is 0.293. The summed E-state index contributed by atoms with van der Waals surface area (Å²) in [6.07, 6.45) is 6.57. The number of nitrogens with zero attached hydrogens (tertiary/aromatic N) is 2. The number of nitrogens with one attached hydrogen (secondary N) is 1. The monoisotopic (exact) mass is 535 g/mol. The number of hydrogen-bond donors (Lipinski definition) is 1. The van der Waals surface area contributed by atoms with Gasteiger partial charge in [0, 0.05) is 24.0 Å². The molecule has 6 nitrogen and oxygen atoms in total. The van der Waals surface area contributed by atoms with Gasteiger partial charge in [-0.25, -0.2) is 0 Å². The Morgan fingerprint density at radius 1 is 0.950 bits per heavy atom. The molecule has 1 N–H and O–H groups in total. The Morgan fingerprint density at radius 3 is 2.38 bits per heavy atom. The van der Waals surface area contributed by atoms with Gasteiger partial charge in [0.05, 0.1) is 19.2 Å². The largest absolute Gasteiger partial charge is 0.497 e. The number of aromatic nitrogens is 1. The molecule has 1 aliphatic heterocycles. The van der Waals surface area contributed by atoms with Crippen LogP contribution in [0.5, 0.6) is 5.75 Å². The van der Waals surface area contributed by atoms with Crippen LogP contribution >= 0.6 is 0 Å². The lowest BCUT2D eigenvalue weighted by atomic mass is 9.83. The smallest absolute Gasteiger partial charge is 0.272 e. The van der Waals surface area contributed by atoms with Gasteiger partial charge in [-0.2, -0.15) is 0 Å². The van der Waals surface area contributed by atoms with Crippen LogP contribution in [0.25, 0.3) is 10.9 Å². The van der Waals surface area contributed by atoms with E-state index in [1.807, 2.05) is 64.1 Å². The minimum absolute atomic E-state index is 0.106. The fraction of sp³-hybridized carbons (Fsp3) is 0.353. The van der Waals surface area contributed by atoms with Crippen LogP contribution in [0.3, 0.4) is 0 Å². The maximum Gasteiger partial charge on any atom is 0.272 e. The highest BCUT2D eigenvalue weighted by Gasteiger charge is 2.52. The van der Waals surface area contributed by atoms with Crippen LogP contribution in [0.4, 0.5) is 0 Å². The van der Waals surface area contributed by atoms with Gasteiger partial charge in [0.2, 0.25) is 0 Å². The summed E-state index contributed by atoms with van der Waals surface area (Å²) < 4.78 is 7.55. The first-order valence-corrected chi connectivity index (χ1v) is 14.4. The number of amides is 2. The summed E-state index contributed by atoms with van der Waals surface area (Å²) in [5.41, 5.74) is 3.22. The van der Waals surface area contributed by atoms with Gasteiger partial charge in [-0.15, -0.1) is 0 Å². The van der Waals surface area contributed by atoms with Crippen molar-refractivity contribution in [2.24, 2.45) is 0 Å². The van der Waals surface area contributed by atoms with Gasteiger partial charge in [0.1, 0.15) is 11.4 Å². The molecule has 6 rings (SSSR count). The summed E-state index contributed by atoms with van der Waals surface area (Å²) in [6.45, 7) is 2.70. The fourth-order valence-electron chi connectivity index (χ4n) is 6.43. The number of hydrogen-bond acceptors (Lipinski definition) is 3. The predicted octanol–water partition coefficient (Wildman–Crippen LogP) is 6.35. The summed E-state index contributed by atoms with van der Waals surface area (Å²) in [5, 5.41) is 4.39. The molecule has 40 heavy (non-hydrogen) atoms. The van der Waals surface area contributed by atoms with Crippen molar-refractivity contribution in [3.63, 3.8) is 0 Å². The van der Waals surface area contributed by atoms with E-state index in [0.29, 0.717) is 18.8 Å². The average Bonchev–Trinajstić information content (AvgIpc) is 3.14. The van der Waals surface area contributed by atoms with Gasteiger partial charge in [0.15, 0.2) is 5.54 Å². The molecular weight excluding hydrogens is 498 g/mol. The lowest BCUT2D eigenvalue weighted by Crippen LogP contribution is -2.63. The zero-order chi connectivity index (χ0) is 27.7. The molecule has 1 fully saturated rings. The van der Waals surface area contributed by atoms with Gasteiger partial charge in [-0.3, -0.25) is 9.59 Å². The number of ether oxygens (including phenoxy) is 1. The molecule has 0 spiro atoms. The van der Waals surface area contributed by atoms with Crippen LogP contribution in [0.1, 0.15) is 65.7 Å². The molecule has 206 valence electrons. The zero-order valence-electron chi connectivity index (χ0n) is 23.4. The van der Waals surface area contributed by atoms with Crippen molar-refractivity contribution < 1.29 is 14.3 Å². The number of carbonyl (C=O) groups is 2. The van der Waals surface area contributed by atoms with E-state index in [2.05, 4.69) is 36.5 Å². The van der Waals surface area contributed by atoms with Crippen LogP contribution in [-0.4, -0.2) is 34.4 Å². The molecule has 0 saturated heterocycles. The van der Waals surface area contributed by atoms with E-state index in [0.717, 1.165) is 59.0 Å². The Kier molecular flexibility index (Phi) is 7.09. The molecular formula is C34H37N3O3. The highest BCUT2D eigenvalue weighted by Crippen LogP contribution is 2.41. The first-order chi connectivity index (χ1) is 19.5. The molecule has 1 saturated carbocycles. The Balaban J connectivity index is 1.53. The summed E-state index contributed by atoms with van der Waals surface area (Å²) in [4.78, 5) is 31.1. The van der Waals surface area contributed by atoms with E-state index < -0.39 is 5.54 Å². The third-order valence-electron chi connectivity index (χ3n) is 8.70. The maximum absolute atomic E-state index is 14.7. The van der Waals surface area contributed by atoms with Crippen molar-refractivity contribution in [1.82, 2.24) is 14.8 Å². The zero-order valence-corrected chi connectivity index (χ0v) is 23.4. The van der Waals surface area contributed by atoms with Crippen LogP contribution in [0, 0.1) is 6.92 Å². The van der Waals surface area contributed by atoms with Gasteiger partial charge in [0.25, 0.3) is 11.8 Å². The molecule has 6 heteroatoms. The van der Waals surface area contributed by atoms with Crippen LogP contribution in [0.2, 0.25) is 0 Å². The van der Waals surface area contributed by atoms with Crippen molar-refractivity contribution in [3.05, 3.63) is 101 Å². The molecule has 4 aromatic rings. The van der Waals surface area contributed by atoms with Crippen LogP contribution in [-0.2, 0) is 23.4 Å². The standard InChI is InChI=1S/C34H37N3O3/c1-24-14-16-25(17-15-24)22-37-32(38)31-20-26-18-19-29(40-2)21-30(26)36(31)23-34(37,27-10-6-5-7-11-27)33(39)35-28-12-8-3-4-9-13-28/h5-7,10-11,14-21,28H,3-4,8-9,12-13,22-23H2,1-2H3,(H,35,39)/t34-/m0/s1. The number of fused-ring (bicyclic) bond motifs is 3. The Labute approximate surface area is 235 Å². The summed E-state index contributed by atoms with van der Waals surface area (Å²) in [7, 11) is 1.64. The van der Waals surface area contributed by atoms with E-state index in [1.165, 1.54) is 12.8 Å². The number of methoxy groups -OCH3 is 1. The molecule has 0 unspecified atom stereocenters. The Hall–Kier alpha value is -4.06. The van der Waals surface area contributed by atoms with Crippen molar-refractivity contribution in [2.45, 2.75) is 70.1 Å². The minimum atomic E-state index is -1.22. The van der Waals surface area contributed by atoms with E-state index in [4.69, 9.17) is 4.74 Å². The summed E-state index contributed by atoms with van der Waals surface area (Å²) >= 11 is 0. The van der Waals surface area contributed by atoms with E-state index in [1.54, 1.807) is 7.11 Å².